The molecule has 0 aromatic carbocycles. The molecule has 0 aliphatic carbocycles. The minimum absolute atomic E-state index is 0.0157. The van der Waals surface area contributed by atoms with Crippen LogP contribution < -0.4 is 10.6 Å². The SMILES string of the molecule is Cn1cc(-c2cc3cc(NC(=O)C4CCNCC4)ncc3nc2CC(C)(C)O)cn1. The molecule has 4 rings (SSSR count). The van der Waals surface area contributed by atoms with E-state index in [0.717, 1.165) is 53.7 Å². The largest absolute Gasteiger partial charge is 0.390 e. The number of carbonyl (C=O) groups is 1. The van der Waals surface area contributed by atoms with Gasteiger partial charge in [-0.2, -0.15) is 5.10 Å². The first-order chi connectivity index (χ1) is 14.3. The van der Waals surface area contributed by atoms with Crippen LogP contribution in [0.1, 0.15) is 32.4 Å². The minimum atomic E-state index is -0.895. The fraction of sp³-hybridized carbons (Fsp3) is 0.455. The summed E-state index contributed by atoms with van der Waals surface area (Å²) in [5.74, 6) is 0.560. The molecule has 0 unspecified atom stereocenters. The van der Waals surface area contributed by atoms with Gasteiger partial charge in [0, 0.05) is 42.1 Å². The maximum atomic E-state index is 12.6. The van der Waals surface area contributed by atoms with Gasteiger partial charge < -0.3 is 15.7 Å². The maximum absolute atomic E-state index is 12.6. The van der Waals surface area contributed by atoms with Crippen molar-refractivity contribution in [1.29, 1.82) is 0 Å². The van der Waals surface area contributed by atoms with Crippen molar-refractivity contribution in [1.82, 2.24) is 25.1 Å². The van der Waals surface area contributed by atoms with Crippen LogP contribution in [0.3, 0.4) is 0 Å². The van der Waals surface area contributed by atoms with E-state index in [-0.39, 0.29) is 11.8 Å². The van der Waals surface area contributed by atoms with Crippen LogP contribution >= 0.6 is 0 Å². The third kappa shape index (κ3) is 4.66. The van der Waals surface area contributed by atoms with Crippen LogP contribution in [0.15, 0.2) is 30.7 Å². The molecule has 1 aliphatic heterocycles. The van der Waals surface area contributed by atoms with E-state index < -0.39 is 5.60 Å². The Kier molecular flexibility index (Phi) is 5.53. The highest BCUT2D eigenvalue weighted by atomic mass is 16.3. The summed E-state index contributed by atoms with van der Waals surface area (Å²) < 4.78 is 1.74. The Bertz CT molecular complexity index is 1060. The Labute approximate surface area is 175 Å². The Morgan fingerprint density at radius 3 is 2.73 bits per heavy atom. The van der Waals surface area contributed by atoms with Crippen LogP contribution in [0, 0.1) is 5.92 Å². The molecule has 30 heavy (non-hydrogen) atoms. The first kappa shape index (κ1) is 20.4. The summed E-state index contributed by atoms with van der Waals surface area (Å²) >= 11 is 0. The van der Waals surface area contributed by atoms with Crippen LogP contribution in [-0.4, -0.2) is 49.5 Å². The number of aliphatic hydroxyl groups is 1. The van der Waals surface area contributed by atoms with Crippen LogP contribution in [-0.2, 0) is 18.3 Å². The van der Waals surface area contributed by atoms with Crippen LogP contribution in [0.2, 0.25) is 0 Å². The molecule has 0 bridgehead atoms. The lowest BCUT2D eigenvalue weighted by Crippen LogP contribution is -2.34. The summed E-state index contributed by atoms with van der Waals surface area (Å²) in [6, 6.07) is 3.89. The number of pyridine rings is 2. The third-order valence-corrected chi connectivity index (χ3v) is 5.36. The number of fused-ring (bicyclic) bond motifs is 1. The number of nitrogens with zero attached hydrogens (tertiary/aromatic N) is 4. The van der Waals surface area contributed by atoms with Gasteiger partial charge in [0.25, 0.3) is 0 Å². The van der Waals surface area contributed by atoms with Gasteiger partial charge in [-0.05, 0) is 51.9 Å². The van der Waals surface area contributed by atoms with Crippen molar-refractivity contribution in [3.63, 3.8) is 0 Å². The topological polar surface area (TPSA) is 105 Å². The standard InChI is InChI=1S/C22H28N6O2/c1-22(2,30)10-18-17(16-11-25-28(3)13-16)8-15-9-20(24-12-19(15)26-18)27-21(29)14-4-6-23-7-5-14/h8-9,11-14,23,30H,4-7,10H2,1-3H3,(H,24,27,29). The first-order valence-corrected chi connectivity index (χ1v) is 10.3. The average Bonchev–Trinajstić information content (AvgIpc) is 3.13. The Balaban J connectivity index is 1.69. The Hall–Kier alpha value is -2.84. The van der Waals surface area contributed by atoms with Gasteiger partial charge in [0.1, 0.15) is 5.82 Å². The van der Waals surface area contributed by atoms with Crippen molar-refractivity contribution in [2.24, 2.45) is 13.0 Å². The highest BCUT2D eigenvalue weighted by Crippen LogP contribution is 2.29. The van der Waals surface area contributed by atoms with Crippen molar-refractivity contribution in [2.75, 3.05) is 18.4 Å². The van der Waals surface area contributed by atoms with Crippen molar-refractivity contribution >= 4 is 22.6 Å². The molecule has 3 N–H and O–H groups in total. The summed E-state index contributed by atoms with van der Waals surface area (Å²) in [5, 5.41) is 21.7. The molecule has 4 heterocycles. The van der Waals surface area contributed by atoms with Gasteiger partial charge in [0.2, 0.25) is 5.91 Å². The predicted octanol–water partition coefficient (Wildman–Crippen LogP) is 2.28. The Morgan fingerprint density at radius 2 is 2.07 bits per heavy atom. The molecule has 8 nitrogen and oxygen atoms in total. The normalized spacial score (nSPS) is 15.5. The first-order valence-electron chi connectivity index (χ1n) is 10.3. The number of aromatic nitrogens is 4. The molecule has 158 valence electrons. The zero-order valence-electron chi connectivity index (χ0n) is 17.6. The number of nitrogens with one attached hydrogen (secondary N) is 2. The number of piperidine rings is 1. The fourth-order valence-corrected chi connectivity index (χ4v) is 3.85. The van der Waals surface area contributed by atoms with Crippen molar-refractivity contribution in [2.45, 2.75) is 38.7 Å². The zero-order valence-corrected chi connectivity index (χ0v) is 17.6. The second-order valence-electron chi connectivity index (χ2n) is 8.65. The number of aryl methyl sites for hydroxylation is 1. The van der Waals surface area contributed by atoms with Gasteiger partial charge in [-0.15, -0.1) is 0 Å². The van der Waals surface area contributed by atoms with Gasteiger partial charge >= 0.3 is 0 Å². The molecular formula is C22H28N6O2. The molecule has 0 radical (unpaired) electrons. The number of carbonyl (C=O) groups excluding carboxylic acids is 1. The van der Waals surface area contributed by atoms with E-state index in [9.17, 15) is 9.90 Å². The van der Waals surface area contributed by atoms with E-state index >= 15 is 0 Å². The van der Waals surface area contributed by atoms with Gasteiger partial charge in [-0.1, -0.05) is 0 Å². The molecule has 1 fully saturated rings. The molecule has 1 saturated heterocycles. The lowest BCUT2D eigenvalue weighted by molar-refractivity contribution is -0.120. The smallest absolute Gasteiger partial charge is 0.228 e. The van der Waals surface area contributed by atoms with E-state index in [1.54, 1.807) is 30.9 Å². The number of hydrogen-bond donors (Lipinski definition) is 3. The highest BCUT2D eigenvalue weighted by molar-refractivity contribution is 5.94. The third-order valence-electron chi connectivity index (χ3n) is 5.36. The molecule has 1 amide bonds. The van der Waals surface area contributed by atoms with E-state index in [4.69, 9.17) is 4.98 Å². The van der Waals surface area contributed by atoms with Crippen molar-refractivity contribution in [3.05, 3.63) is 36.4 Å². The second-order valence-corrected chi connectivity index (χ2v) is 8.65. The maximum Gasteiger partial charge on any atom is 0.228 e. The summed E-state index contributed by atoms with van der Waals surface area (Å²) in [6.07, 6.45) is 7.48. The van der Waals surface area contributed by atoms with Crippen LogP contribution in [0.5, 0.6) is 0 Å². The molecule has 0 atom stereocenters. The molecular weight excluding hydrogens is 380 g/mol. The van der Waals surface area contributed by atoms with Gasteiger partial charge in [-0.25, -0.2) is 4.98 Å². The summed E-state index contributed by atoms with van der Waals surface area (Å²) in [4.78, 5) is 21.7. The summed E-state index contributed by atoms with van der Waals surface area (Å²) in [6.45, 7) is 5.27. The molecule has 0 spiro atoms. The second kappa shape index (κ2) is 8.12. The quantitative estimate of drug-likeness (QED) is 0.598. The van der Waals surface area contributed by atoms with Gasteiger partial charge in [-0.3, -0.25) is 14.5 Å². The number of rotatable bonds is 5. The van der Waals surface area contributed by atoms with E-state index in [1.165, 1.54) is 0 Å². The molecule has 0 saturated carbocycles. The number of anilines is 1. The van der Waals surface area contributed by atoms with Gasteiger partial charge in [0.15, 0.2) is 0 Å². The minimum Gasteiger partial charge on any atom is -0.390 e. The molecule has 3 aromatic heterocycles. The van der Waals surface area contributed by atoms with Crippen LogP contribution in [0.25, 0.3) is 22.0 Å². The Morgan fingerprint density at radius 1 is 1.30 bits per heavy atom. The zero-order chi connectivity index (χ0) is 21.3. The molecule has 8 heteroatoms. The highest BCUT2D eigenvalue weighted by Gasteiger charge is 2.22. The summed E-state index contributed by atoms with van der Waals surface area (Å²) in [7, 11) is 1.87. The fourth-order valence-electron chi connectivity index (χ4n) is 3.85. The molecule has 3 aromatic rings. The van der Waals surface area contributed by atoms with Crippen molar-refractivity contribution < 1.29 is 9.90 Å². The van der Waals surface area contributed by atoms with Gasteiger partial charge in [0.05, 0.1) is 29.2 Å². The number of hydrogen-bond acceptors (Lipinski definition) is 6. The average molecular weight is 409 g/mol. The van der Waals surface area contributed by atoms with E-state index in [0.29, 0.717) is 12.2 Å². The van der Waals surface area contributed by atoms with E-state index in [1.807, 2.05) is 25.4 Å². The van der Waals surface area contributed by atoms with E-state index in [2.05, 4.69) is 20.7 Å². The lowest BCUT2D eigenvalue weighted by Gasteiger charge is -2.21. The predicted molar refractivity (Wildman–Crippen MR) is 116 cm³/mol. The monoisotopic (exact) mass is 408 g/mol. The van der Waals surface area contributed by atoms with Crippen molar-refractivity contribution in [3.8, 4) is 11.1 Å². The molecule has 1 aliphatic rings. The number of amides is 1. The summed E-state index contributed by atoms with van der Waals surface area (Å²) in [5.41, 5.74) is 2.47. The lowest BCUT2D eigenvalue weighted by atomic mass is 9.96. The van der Waals surface area contributed by atoms with Crippen LogP contribution in [0.4, 0.5) is 5.82 Å².